The summed E-state index contributed by atoms with van der Waals surface area (Å²) in [5.74, 6) is 0.483. The number of rotatable bonds is 2. The van der Waals surface area contributed by atoms with Crippen molar-refractivity contribution in [2.75, 3.05) is 13.1 Å². The molecule has 0 aromatic carbocycles. The summed E-state index contributed by atoms with van der Waals surface area (Å²) in [6.45, 7) is 0.740. The average Bonchev–Trinajstić information content (AvgIpc) is 2.87. The third kappa shape index (κ3) is 1.00. The number of nitrogens with zero attached hydrogens (tertiary/aromatic N) is 1. The van der Waals surface area contributed by atoms with Gasteiger partial charge in [0.2, 0.25) is 11.8 Å². The van der Waals surface area contributed by atoms with Crippen molar-refractivity contribution in [1.29, 1.82) is 0 Å². The van der Waals surface area contributed by atoms with Gasteiger partial charge in [-0.1, -0.05) is 12.2 Å². The van der Waals surface area contributed by atoms with E-state index < -0.39 is 0 Å². The Kier molecular flexibility index (Phi) is 1.77. The standard InChI is InChI=1S/C11H14N2O2/c12-3-4-13-10(14)8-6-1-2-7(5-6)9(8)11(13)15/h1-2,6-9H,3-5,12H2/t6-,7-,8-,9-/m1/s1. The largest absolute Gasteiger partial charge is 0.329 e. The molecule has 3 rings (SSSR count). The third-order valence-corrected chi connectivity index (χ3v) is 3.91. The molecule has 0 unspecified atom stereocenters. The first kappa shape index (κ1) is 9.09. The number of likely N-dealkylation sites (tertiary alicyclic amines) is 1. The van der Waals surface area contributed by atoms with Crippen LogP contribution in [0.5, 0.6) is 0 Å². The van der Waals surface area contributed by atoms with Crippen molar-refractivity contribution in [3.8, 4) is 0 Å². The van der Waals surface area contributed by atoms with Gasteiger partial charge < -0.3 is 5.73 Å². The second kappa shape index (κ2) is 2.92. The highest BCUT2D eigenvalue weighted by Crippen LogP contribution is 2.52. The van der Waals surface area contributed by atoms with E-state index in [1.165, 1.54) is 4.90 Å². The van der Waals surface area contributed by atoms with Gasteiger partial charge >= 0.3 is 0 Å². The molecule has 0 radical (unpaired) electrons. The van der Waals surface area contributed by atoms with Gasteiger partial charge in [0.1, 0.15) is 0 Å². The molecule has 2 fully saturated rings. The van der Waals surface area contributed by atoms with E-state index >= 15 is 0 Å². The number of nitrogens with two attached hydrogens (primary N) is 1. The van der Waals surface area contributed by atoms with E-state index in [2.05, 4.69) is 12.2 Å². The van der Waals surface area contributed by atoms with Crippen molar-refractivity contribution >= 4 is 11.8 Å². The molecule has 1 saturated heterocycles. The SMILES string of the molecule is NCCN1C(=O)[C@H]2[C@H](C1=O)[C@@H]1C=C[C@@H]2C1. The van der Waals surface area contributed by atoms with E-state index in [1.54, 1.807) is 0 Å². The Morgan fingerprint density at radius 3 is 2.20 bits per heavy atom. The zero-order valence-electron chi connectivity index (χ0n) is 8.43. The molecular weight excluding hydrogens is 192 g/mol. The van der Waals surface area contributed by atoms with Gasteiger partial charge in [-0.05, 0) is 18.3 Å². The number of carbonyl (C=O) groups is 2. The van der Waals surface area contributed by atoms with E-state index in [4.69, 9.17) is 5.73 Å². The van der Waals surface area contributed by atoms with Crippen molar-refractivity contribution in [2.24, 2.45) is 29.4 Å². The van der Waals surface area contributed by atoms with Gasteiger partial charge in [-0.2, -0.15) is 0 Å². The van der Waals surface area contributed by atoms with Crippen molar-refractivity contribution < 1.29 is 9.59 Å². The van der Waals surface area contributed by atoms with Crippen molar-refractivity contribution in [3.05, 3.63) is 12.2 Å². The molecule has 2 bridgehead atoms. The molecule has 15 heavy (non-hydrogen) atoms. The quantitative estimate of drug-likeness (QED) is 0.500. The summed E-state index contributed by atoms with van der Waals surface area (Å²) in [5, 5.41) is 0. The summed E-state index contributed by atoms with van der Waals surface area (Å²) < 4.78 is 0. The highest BCUT2D eigenvalue weighted by Gasteiger charge is 2.58. The molecule has 1 heterocycles. The highest BCUT2D eigenvalue weighted by molar-refractivity contribution is 6.06. The first-order valence-corrected chi connectivity index (χ1v) is 5.47. The normalized spacial score (nSPS) is 41.8. The Hall–Kier alpha value is -1.16. The van der Waals surface area contributed by atoms with Crippen LogP contribution in [0.1, 0.15) is 6.42 Å². The van der Waals surface area contributed by atoms with Crippen molar-refractivity contribution in [3.63, 3.8) is 0 Å². The maximum absolute atomic E-state index is 12.0. The number of carbonyl (C=O) groups excluding carboxylic acids is 2. The minimum atomic E-state index is -0.0703. The van der Waals surface area contributed by atoms with Gasteiger partial charge in [0.05, 0.1) is 11.8 Å². The van der Waals surface area contributed by atoms with Crippen LogP contribution in [0.4, 0.5) is 0 Å². The Bertz CT molecular complexity index is 334. The number of hydrogen-bond acceptors (Lipinski definition) is 3. The van der Waals surface area contributed by atoms with Crippen LogP contribution in [0.15, 0.2) is 12.2 Å². The zero-order valence-corrected chi connectivity index (χ0v) is 8.43. The Morgan fingerprint density at radius 1 is 1.20 bits per heavy atom. The molecular formula is C11H14N2O2. The van der Waals surface area contributed by atoms with Gasteiger partial charge in [-0.3, -0.25) is 14.5 Å². The van der Waals surface area contributed by atoms with E-state index in [0.29, 0.717) is 24.9 Å². The lowest BCUT2D eigenvalue weighted by Crippen LogP contribution is -2.36. The van der Waals surface area contributed by atoms with Crippen LogP contribution in [-0.2, 0) is 9.59 Å². The lowest BCUT2D eigenvalue weighted by atomic mass is 9.85. The van der Waals surface area contributed by atoms with Crippen LogP contribution in [0.2, 0.25) is 0 Å². The maximum Gasteiger partial charge on any atom is 0.233 e. The van der Waals surface area contributed by atoms with Crippen LogP contribution in [0.25, 0.3) is 0 Å². The smallest absolute Gasteiger partial charge is 0.233 e. The molecule has 2 N–H and O–H groups in total. The number of amides is 2. The van der Waals surface area contributed by atoms with Gasteiger partial charge in [0.25, 0.3) is 0 Å². The lowest BCUT2D eigenvalue weighted by Gasteiger charge is -2.15. The first-order chi connectivity index (χ1) is 7.24. The number of hydrogen-bond donors (Lipinski definition) is 1. The van der Waals surface area contributed by atoms with Crippen LogP contribution in [0, 0.1) is 23.7 Å². The predicted molar refractivity (Wildman–Crippen MR) is 53.5 cm³/mol. The van der Waals surface area contributed by atoms with Gasteiger partial charge in [0.15, 0.2) is 0 Å². The summed E-state index contributed by atoms with van der Waals surface area (Å²) in [4.78, 5) is 25.3. The molecule has 4 heteroatoms. The number of imide groups is 1. The second-order valence-corrected chi connectivity index (χ2v) is 4.62. The minimum absolute atomic E-state index is 0.00676. The van der Waals surface area contributed by atoms with Crippen LogP contribution >= 0.6 is 0 Å². The fourth-order valence-electron chi connectivity index (χ4n) is 3.31. The van der Waals surface area contributed by atoms with Crippen molar-refractivity contribution in [2.45, 2.75) is 6.42 Å². The fourth-order valence-corrected chi connectivity index (χ4v) is 3.31. The summed E-state index contributed by atoms with van der Waals surface area (Å²) in [5.41, 5.74) is 5.41. The van der Waals surface area contributed by atoms with Crippen LogP contribution < -0.4 is 5.73 Å². The van der Waals surface area contributed by atoms with Gasteiger partial charge in [-0.25, -0.2) is 0 Å². The van der Waals surface area contributed by atoms with Crippen LogP contribution in [0.3, 0.4) is 0 Å². The van der Waals surface area contributed by atoms with Gasteiger partial charge in [0, 0.05) is 13.1 Å². The molecule has 1 aliphatic heterocycles. The lowest BCUT2D eigenvalue weighted by molar-refractivity contribution is -0.140. The molecule has 0 aromatic rings. The van der Waals surface area contributed by atoms with Gasteiger partial charge in [-0.15, -0.1) is 0 Å². The molecule has 0 aromatic heterocycles. The Morgan fingerprint density at radius 2 is 1.73 bits per heavy atom. The van der Waals surface area contributed by atoms with Crippen LogP contribution in [-0.4, -0.2) is 29.8 Å². The van der Waals surface area contributed by atoms with E-state index in [-0.39, 0.29) is 23.7 Å². The Balaban J connectivity index is 1.93. The second-order valence-electron chi connectivity index (χ2n) is 4.62. The molecule has 4 atom stereocenters. The molecule has 2 aliphatic carbocycles. The summed E-state index contributed by atoms with van der Waals surface area (Å²) >= 11 is 0. The Labute approximate surface area is 88.1 Å². The summed E-state index contributed by atoms with van der Waals surface area (Å²) in [6.07, 6.45) is 5.19. The molecule has 80 valence electrons. The van der Waals surface area contributed by atoms with Crippen molar-refractivity contribution in [1.82, 2.24) is 4.90 Å². The van der Waals surface area contributed by atoms with E-state index in [0.717, 1.165) is 6.42 Å². The molecule has 2 amide bonds. The van der Waals surface area contributed by atoms with E-state index in [9.17, 15) is 9.59 Å². The number of allylic oxidation sites excluding steroid dienone is 2. The fraction of sp³-hybridized carbons (Fsp3) is 0.636. The first-order valence-electron chi connectivity index (χ1n) is 5.47. The third-order valence-electron chi connectivity index (χ3n) is 3.91. The maximum atomic E-state index is 12.0. The zero-order chi connectivity index (χ0) is 10.6. The minimum Gasteiger partial charge on any atom is -0.329 e. The monoisotopic (exact) mass is 206 g/mol. The summed E-state index contributed by atoms with van der Waals surface area (Å²) in [7, 11) is 0. The number of fused-ring (bicyclic) bond motifs is 5. The highest BCUT2D eigenvalue weighted by atomic mass is 16.2. The predicted octanol–water partition coefficient (Wildman–Crippen LogP) is -0.248. The molecule has 4 nitrogen and oxygen atoms in total. The molecule has 3 aliphatic rings. The average molecular weight is 206 g/mol. The summed E-state index contributed by atoms with van der Waals surface area (Å²) in [6, 6.07) is 0. The molecule has 0 spiro atoms. The topological polar surface area (TPSA) is 63.4 Å². The molecule has 1 saturated carbocycles. The van der Waals surface area contributed by atoms with E-state index in [1.807, 2.05) is 0 Å².